The summed E-state index contributed by atoms with van der Waals surface area (Å²) in [6, 6.07) is 0. The molecule has 8 nitrogen and oxygen atoms in total. The van der Waals surface area contributed by atoms with Crippen LogP contribution in [0.4, 0.5) is 0 Å². The zero-order valence-corrected chi connectivity index (χ0v) is 21.0. The van der Waals surface area contributed by atoms with Crippen LogP contribution in [-0.2, 0) is 14.6 Å². The molecule has 34 heavy (non-hydrogen) atoms. The fraction of sp³-hybridized carbons (Fsp3) is 0.440. The van der Waals surface area contributed by atoms with Crippen LogP contribution in [0.25, 0.3) is 6.08 Å². The Kier molecular flexibility index (Phi) is 6.44. The van der Waals surface area contributed by atoms with Crippen LogP contribution in [0.15, 0.2) is 41.1 Å². The largest absolute Gasteiger partial charge is 0.358 e. The second kappa shape index (κ2) is 9.03. The lowest BCUT2D eigenvalue weighted by Crippen LogP contribution is -2.47. The summed E-state index contributed by atoms with van der Waals surface area (Å²) in [5, 5.41) is 2.13. The number of carbonyl (C=O) groups is 2. The summed E-state index contributed by atoms with van der Waals surface area (Å²) in [6.07, 6.45) is 5.47. The zero-order valence-electron chi connectivity index (χ0n) is 20.2. The minimum Gasteiger partial charge on any atom is -0.358 e. The van der Waals surface area contributed by atoms with Crippen LogP contribution >= 0.6 is 0 Å². The maximum atomic E-state index is 13.2. The predicted octanol–water partition coefficient (Wildman–Crippen LogP) is 2.11. The van der Waals surface area contributed by atoms with Crippen molar-refractivity contribution in [3.05, 3.63) is 63.7 Å². The normalized spacial score (nSPS) is 22.4. The summed E-state index contributed by atoms with van der Waals surface area (Å²) in [4.78, 5) is 33.3. The smallest absolute Gasteiger partial charge is 0.256 e. The molecule has 2 fully saturated rings. The summed E-state index contributed by atoms with van der Waals surface area (Å²) >= 11 is 0. The molecule has 2 N–H and O–H groups in total. The molecule has 1 atom stereocenters. The van der Waals surface area contributed by atoms with Crippen LogP contribution in [0.3, 0.4) is 0 Å². The molecule has 3 heterocycles. The number of fused-ring (bicyclic) bond motifs is 1. The molecular weight excluding hydrogens is 452 g/mol. The first-order chi connectivity index (χ1) is 16.0. The van der Waals surface area contributed by atoms with Gasteiger partial charge < -0.3 is 20.1 Å². The summed E-state index contributed by atoms with van der Waals surface area (Å²) in [7, 11) is -1.38. The molecule has 0 bridgehead atoms. The average molecular weight is 485 g/mol. The number of hydrogen-bond donors (Lipinski definition) is 2. The van der Waals surface area contributed by atoms with Gasteiger partial charge in [0.05, 0.1) is 22.1 Å². The number of aromatic nitrogens is 1. The van der Waals surface area contributed by atoms with Gasteiger partial charge in [0.2, 0.25) is 0 Å². The van der Waals surface area contributed by atoms with E-state index in [1.165, 1.54) is 0 Å². The molecule has 2 saturated heterocycles. The monoisotopic (exact) mass is 484 g/mol. The van der Waals surface area contributed by atoms with Gasteiger partial charge in [-0.3, -0.25) is 9.59 Å². The van der Waals surface area contributed by atoms with Gasteiger partial charge in [0.25, 0.3) is 11.8 Å². The summed E-state index contributed by atoms with van der Waals surface area (Å²) in [5.74, 6) is -0.380. The lowest BCUT2D eigenvalue weighted by molar-refractivity contribution is -0.115. The molecular formula is C25H32N4O4S. The van der Waals surface area contributed by atoms with Crippen LogP contribution in [0.2, 0.25) is 0 Å². The number of rotatable bonds is 5. The van der Waals surface area contributed by atoms with Gasteiger partial charge in [0, 0.05) is 48.8 Å². The van der Waals surface area contributed by atoms with Crippen molar-refractivity contribution in [3.63, 3.8) is 0 Å². The van der Waals surface area contributed by atoms with E-state index in [-0.39, 0.29) is 17.6 Å². The third-order valence-corrected chi connectivity index (χ3v) is 8.80. The summed E-state index contributed by atoms with van der Waals surface area (Å²) < 4.78 is 25.5. The van der Waals surface area contributed by atoms with E-state index in [1.54, 1.807) is 25.2 Å². The fourth-order valence-corrected chi connectivity index (χ4v) is 6.38. The molecule has 2 amide bonds. The van der Waals surface area contributed by atoms with E-state index < -0.39 is 15.1 Å². The first-order valence-corrected chi connectivity index (χ1v) is 13.2. The Morgan fingerprint density at radius 2 is 1.91 bits per heavy atom. The number of hydrogen-bond acceptors (Lipinski definition) is 5. The number of sulfone groups is 1. The quantitative estimate of drug-likeness (QED) is 0.492. The molecule has 0 aromatic carbocycles. The molecule has 182 valence electrons. The van der Waals surface area contributed by atoms with E-state index in [1.807, 2.05) is 25.8 Å². The number of aryl methyl sites for hydroxylation is 1. The number of H-pyrrole nitrogens is 1. The van der Waals surface area contributed by atoms with Gasteiger partial charge in [-0.15, -0.1) is 0 Å². The highest BCUT2D eigenvalue weighted by Gasteiger charge is 2.35. The molecule has 0 saturated carbocycles. The van der Waals surface area contributed by atoms with E-state index in [0.717, 1.165) is 24.3 Å². The number of piperazine rings is 1. The van der Waals surface area contributed by atoms with Gasteiger partial charge in [-0.2, -0.15) is 0 Å². The third-order valence-electron chi connectivity index (χ3n) is 6.66. The van der Waals surface area contributed by atoms with Crippen LogP contribution in [0.1, 0.15) is 40.7 Å². The molecule has 3 aliphatic rings. The van der Waals surface area contributed by atoms with Crippen molar-refractivity contribution in [3.8, 4) is 0 Å². The Balaban J connectivity index is 1.67. The maximum Gasteiger partial charge on any atom is 0.256 e. The molecule has 1 aliphatic carbocycles. The first kappa shape index (κ1) is 24.2. The van der Waals surface area contributed by atoms with Crippen molar-refractivity contribution >= 4 is 27.7 Å². The predicted molar refractivity (Wildman–Crippen MR) is 133 cm³/mol. The lowest BCUT2D eigenvalue weighted by atomic mass is 9.98. The van der Waals surface area contributed by atoms with Crippen molar-refractivity contribution in [1.82, 2.24) is 20.1 Å². The first-order valence-electron chi connectivity index (χ1n) is 11.5. The topological polar surface area (TPSA) is 103 Å². The number of nitrogens with zero attached hydrogens (tertiary/aromatic N) is 2. The fourth-order valence-electron chi connectivity index (χ4n) is 4.75. The Labute approximate surface area is 201 Å². The minimum absolute atomic E-state index is 0.0108. The second-order valence-electron chi connectivity index (χ2n) is 9.51. The van der Waals surface area contributed by atoms with Crippen molar-refractivity contribution in [2.24, 2.45) is 0 Å². The highest BCUT2D eigenvalue weighted by atomic mass is 32.2. The Morgan fingerprint density at radius 1 is 1.24 bits per heavy atom. The van der Waals surface area contributed by atoms with Crippen molar-refractivity contribution in [1.29, 1.82) is 0 Å². The number of amides is 2. The number of nitrogens with one attached hydrogen (secondary N) is 2. The van der Waals surface area contributed by atoms with Gasteiger partial charge in [-0.1, -0.05) is 24.3 Å². The number of allylic oxidation sites excluding steroid dienone is 2. The Hall–Kier alpha value is -2.91. The summed E-state index contributed by atoms with van der Waals surface area (Å²) in [5.41, 5.74) is 5.03. The van der Waals surface area contributed by atoms with Crippen molar-refractivity contribution in [2.75, 3.05) is 39.0 Å². The van der Waals surface area contributed by atoms with Gasteiger partial charge in [-0.05, 0) is 45.9 Å². The standard InChI is InChI=1S/C25H32N4O4S/c1-15(2)14-34(32,33)18-6-7-21-19(12-18)20(24(30)27-21)13-22-16(3)23(17(4)26-22)25(31)29-10-8-28(5)9-11-29/h7,12-13,18,26H,1,6,8-11,14H2,2-5H3,(H,27,30). The third kappa shape index (κ3) is 4.54. The maximum absolute atomic E-state index is 13.2. The highest BCUT2D eigenvalue weighted by Crippen LogP contribution is 2.34. The van der Waals surface area contributed by atoms with Gasteiger partial charge in [0.15, 0.2) is 9.84 Å². The highest BCUT2D eigenvalue weighted by molar-refractivity contribution is 7.92. The average Bonchev–Trinajstić information content (AvgIpc) is 3.22. The molecule has 1 unspecified atom stereocenters. The molecule has 1 aromatic heterocycles. The molecule has 9 heteroatoms. The van der Waals surface area contributed by atoms with Crippen LogP contribution in [-0.4, -0.2) is 79.2 Å². The van der Waals surface area contributed by atoms with E-state index in [9.17, 15) is 18.0 Å². The molecule has 1 aromatic rings. The Morgan fingerprint density at radius 3 is 2.56 bits per heavy atom. The van der Waals surface area contributed by atoms with Gasteiger partial charge in [-0.25, -0.2) is 8.42 Å². The molecule has 4 rings (SSSR count). The van der Waals surface area contributed by atoms with Crippen LogP contribution < -0.4 is 5.32 Å². The van der Waals surface area contributed by atoms with E-state index in [4.69, 9.17) is 0 Å². The van der Waals surface area contributed by atoms with E-state index in [0.29, 0.717) is 53.2 Å². The van der Waals surface area contributed by atoms with Crippen LogP contribution in [0.5, 0.6) is 0 Å². The number of carbonyl (C=O) groups excluding carboxylic acids is 2. The number of aromatic amines is 1. The zero-order chi connectivity index (χ0) is 24.8. The van der Waals surface area contributed by atoms with E-state index >= 15 is 0 Å². The molecule has 0 radical (unpaired) electrons. The van der Waals surface area contributed by atoms with Gasteiger partial charge >= 0.3 is 0 Å². The van der Waals surface area contributed by atoms with E-state index in [2.05, 4.69) is 21.8 Å². The second-order valence-corrected chi connectivity index (χ2v) is 11.7. The number of likely N-dealkylation sites (N-methyl/N-ethyl adjacent to an activating group) is 1. The summed E-state index contributed by atoms with van der Waals surface area (Å²) in [6.45, 7) is 12.2. The molecule has 2 aliphatic heterocycles. The van der Waals surface area contributed by atoms with Crippen LogP contribution in [0, 0.1) is 13.8 Å². The van der Waals surface area contributed by atoms with Crippen molar-refractivity contribution in [2.45, 2.75) is 32.4 Å². The Bertz CT molecular complexity index is 1260. The van der Waals surface area contributed by atoms with Gasteiger partial charge in [0.1, 0.15) is 0 Å². The minimum atomic E-state index is -3.42. The van der Waals surface area contributed by atoms with Crippen molar-refractivity contribution < 1.29 is 18.0 Å². The lowest BCUT2D eigenvalue weighted by Gasteiger charge is -2.32. The molecule has 0 spiro atoms. The SMILES string of the molecule is C=C(C)CS(=O)(=O)C1C=C2C(=CC1)NC(=O)C2=Cc1[nH]c(C)c(C(=O)N2CCN(C)CC2)c1C.